The van der Waals surface area contributed by atoms with Crippen LogP contribution in [0.3, 0.4) is 0 Å². The minimum Gasteiger partial charge on any atom is -0.449 e. The second-order valence-corrected chi connectivity index (χ2v) is 6.48. The molecule has 1 atom stereocenters. The molecule has 6 heteroatoms. The van der Waals surface area contributed by atoms with Crippen LogP contribution in [0.5, 0.6) is 0 Å². The average molecular weight is 353 g/mol. The van der Waals surface area contributed by atoms with Gasteiger partial charge in [-0.2, -0.15) is 5.26 Å². The maximum Gasteiger partial charge on any atom is 0.340 e. The van der Waals surface area contributed by atoms with Gasteiger partial charge in [0, 0.05) is 23.1 Å². The molecule has 0 fully saturated rings. The van der Waals surface area contributed by atoms with Crippen molar-refractivity contribution in [2.24, 2.45) is 0 Å². The smallest absolute Gasteiger partial charge is 0.340 e. The Bertz CT molecular complexity index is 875. The Hall–Kier alpha value is -3.07. The van der Waals surface area contributed by atoms with Crippen molar-refractivity contribution in [3.63, 3.8) is 0 Å². The number of esters is 1. The third kappa shape index (κ3) is 4.12. The summed E-state index contributed by atoms with van der Waals surface area (Å²) >= 11 is 0. The Morgan fingerprint density at radius 3 is 2.46 bits per heavy atom. The minimum absolute atomic E-state index is 0.227. The first-order valence-electron chi connectivity index (χ1n) is 8.45. The van der Waals surface area contributed by atoms with Crippen LogP contribution in [-0.4, -0.2) is 22.5 Å². The van der Waals surface area contributed by atoms with Crippen LogP contribution in [0.15, 0.2) is 30.3 Å². The molecule has 2 rings (SSSR count). The molecule has 6 nitrogen and oxygen atoms in total. The van der Waals surface area contributed by atoms with E-state index in [2.05, 4.69) is 9.88 Å². The van der Waals surface area contributed by atoms with Gasteiger partial charge in [0.1, 0.15) is 0 Å². The lowest BCUT2D eigenvalue weighted by Crippen LogP contribution is -2.30. The molecule has 26 heavy (non-hydrogen) atoms. The topological polar surface area (TPSA) is 84.1 Å². The molecule has 1 amide bonds. The molecule has 1 aromatic heterocycles. The van der Waals surface area contributed by atoms with Gasteiger partial charge in [-0.1, -0.05) is 6.07 Å². The quantitative estimate of drug-likeness (QED) is 0.830. The fourth-order valence-electron chi connectivity index (χ4n) is 2.97. The predicted octanol–water partition coefficient (Wildman–Crippen LogP) is 3.74. The van der Waals surface area contributed by atoms with E-state index in [4.69, 9.17) is 10.00 Å². The molecule has 136 valence electrons. The first-order chi connectivity index (χ1) is 12.2. The van der Waals surface area contributed by atoms with E-state index in [9.17, 15) is 9.59 Å². The molecule has 2 aromatic rings. The van der Waals surface area contributed by atoms with Crippen molar-refractivity contribution in [1.82, 2.24) is 4.57 Å². The minimum atomic E-state index is -0.963. The highest BCUT2D eigenvalue weighted by Gasteiger charge is 2.23. The van der Waals surface area contributed by atoms with E-state index in [-0.39, 0.29) is 6.04 Å². The lowest BCUT2D eigenvalue weighted by atomic mass is 10.2. The summed E-state index contributed by atoms with van der Waals surface area (Å²) in [6.45, 7) is 9.40. The molecule has 0 radical (unpaired) electrons. The Morgan fingerprint density at radius 1 is 1.19 bits per heavy atom. The van der Waals surface area contributed by atoms with Gasteiger partial charge in [-0.25, -0.2) is 4.79 Å². The second-order valence-electron chi connectivity index (χ2n) is 6.48. The monoisotopic (exact) mass is 353 g/mol. The van der Waals surface area contributed by atoms with Crippen molar-refractivity contribution in [2.75, 3.05) is 5.32 Å². The van der Waals surface area contributed by atoms with Gasteiger partial charge < -0.3 is 14.6 Å². The van der Waals surface area contributed by atoms with Gasteiger partial charge in [0.15, 0.2) is 6.10 Å². The summed E-state index contributed by atoms with van der Waals surface area (Å²) in [6, 6.07) is 10.6. The molecule has 0 spiro atoms. The van der Waals surface area contributed by atoms with Gasteiger partial charge in [-0.05, 0) is 58.9 Å². The maximum atomic E-state index is 12.5. The number of carbonyl (C=O) groups is 2. The highest BCUT2D eigenvalue weighted by Crippen LogP contribution is 2.21. The number of nitrogens with one attached hydrogen (secondary N) is 1. The second kappa shape index (κ2) is 7.87. The SMILES string of the molecule is Cc1cc(C(=O)O[C@H](C)C(=O)Nc2cccc(C#N)c2)c(C)n1C(C)C. The number of aromatic nitrogens is 1. The number of hydrogen-bond acceptors (Lipinski definition) is 4. The van der Waals surface area contributed by atoms with Crippen LogP contribution in [0, 0.1) is 25.2 Å². The molecule has 0 saturated carbocycles. The van der Waals surface area contributed by atoms with Gasteiger partial charge >= 0.3 is 5.97 Å². The maximum absolute atomic E-state index is 12.5. The predicted molar refractivity (Wildman–Crippen MR) is 99.0 cm³/mol. The largest absolute Gasteiger partial charge is 0.449 e. The number of nitrogens with zero attached hydrogens (tertiary/aromatic N) is 2. The lowest BCUT2D eigenvalue weighted by molar-refractivity contribution is -0.123. The van der Waals surface area contributed by atoms with E-state index >= 15 is 0 Å². The Labute approximate surface area is 153 Å². The molecule has 0 aliphatic carbocycles. The van der Waals surface area contributed by atoms with Crippen LogP contribution in [-0.2, 0) is 9.53 Å². The number of ether oxygens (including phenoxy) is 1. The number of carbonyl (C=O) groups excluding carboxylic acids is 2. The van der Waals surface area contributed by atoms with Crippen molar-refractivity contribution < 1.29 is 14.3 Å². The van der Waals surface area contributed by atoms with Crippen LogP contribution >= 0.6 is 0 Å². The van der Waals surface area contributed by atoms with Crippen molar-refractivity contribution in [3.05, 3.63) is 52.8 Å². The number of nitriles is 1. The summed E-state index contributed by atoms with van der Waals surface area (Å²) in [5.41, 5.74) is 3.16. The van der Waals surface area contributed by atoms with Crippen molar-refractivity contribution in [2.45, 2.75) is 46.8 Å². The molecule has 1 heterocycles. The molecule has 0 bridgehead atoms. The van der Waals surface area contributed by atoms with Gasteiger partial charge in [0.05, 0.1) is 17.2 Å². The number of amides is 1. The normalized spacial score (nSPS) is 11.7. The zero-order chi connectivity index (χ0) is 19.4. The highest BCUT2D eigenvalue weighted by molar-refractivity contribution is 5.97. The average Bonchev–Trinajstić information content (AvgIpc) is 2.89. The zero-order valence-corrected chi connectivity index (χ0v) is 15.7. The molecule has 0 aliphatic rings. The van der Waals surface area contributed by atoms with E-state index in [0.717, 1.165) is 11.4 Å². The van der Waals surface area contributed by atoms with Crippen LogP contribution in [0.2, 0.25) is 0 Å². The first-order valence-corrected chi connectivity index (χ1v) is 8.45. The molecule has 0 aliphatic heterocycles. The molecule has 0 unspecified atom stereocenters. The van der Waals surface area contributed by atoms with Gasteiger partial charge in [0.2, 0.25) is 0 Å². The van der Waals surface area contributed by atoms with Gasteiger partial charge in [-0.3, -0.25) is 4.79 Å². The van der Waals surface area contributed by atoms with Crippen molar-refractivity contribution in [1.29, 1.82) is 5.26 Å². The third-order valence-electron chi connectivity index (χ3n) is 4.13. The first kappa shape index (κ1) is 19.3. The number of rotatable bonds is 5. The summed E-state index contributed by atoms with van der Waals surface area (Å²) < 4.78 is 7.38. The Morgan fingerprint density at radius 2 is 1.88 bits per heavy atom. The number of hydrogen-bond donors (Lipinski definition) is 1. The third-order valence-corrected chi connectivity index (χ3v) is 4.13. The molecule has 1 N–H and O–H groups in total. The fraction of sp³-hybridized carbons (Fsp3) is 0.350. The van der Waals surface area contributed by atoms with Crippen molar-refractivity contribution >= 4 is 17.6 Å². The summed E-state index contributed by atoms with van der Waals surface area (Å²) in [6.07, 6.45) is -0.963. The Balaban J connectivity index is 2.08. The summed E-state index contributed by atoms with van der Waals surface area (Å²) in [5.74, 6) is -0.982. The molecular weight excluding hydrogens is 330 g/mol. The standard InChI is InChI=1S/C20H23N3O3/c1-12(2)23-13(3)9-18(14(23)4)20(25)26-15(5)19(24)22-17-8-6-7-16(10-17)11-21/h6-10,12,15H,1-5H3,(H,22,24)/t15-/m1/s1. The number of aryl methyl sites for hydroxylation is 1. The van der Waals surface area contributed by atoms with Crippen LogP contribution in [0.25, 0.3) is 0 Å². The summed E-state index contributed by atoms with van der Waals surface area (Å²) in [4.78, 5) is 24.7. The van der Waals surface area contributed by atoms with Crippen LogP contribution < -0.4 is 5.32 Å². The van der Waals surface area contributed by atoms with E-state index in [1.165, 1.54) is 6.92 Å². The number of anilines is 1. The number of benzene rings is 1. The lowest BCUT2D eigenvalue weighted by Gasteiger charge is -2.15. The van der Waals surface area contributed by atoms with Gasteiger partial charge in [-0.15, -0.1) is 0 Å². The summed E-state index contributed by atoms with van der Waals surface area (Å²) in [7, 11) is 0. The highest BCUT2D eigenvalue weighted by atomic mass is 16.5. The summed E-state index contributed by atoms with van der Waals surface area (Å²) in [5, 5.41) is 11.6. The molecular formula is C20H23N3O3. The van der Waals surface area contributed by atoms with Crippen LogP contribution in [0.1, 0.15) is 54.1 Å². The van der Waals surface area contributed by atoms with Gasteiger partial charge in [0.25, 0.3) is 5.91 Å². The van der Waals surface area contributed by atoms with Crippen LogP contribution in [0.4, 0.5) is 5.69 Å². The van der Waals surface area contributed by atoms with Crippen molar-refractivity contribution in [3.8, 4) is 6.07 Å². The molecule has 0 saturated heterocycles. The van der Waals surface area contributed by atoms with E-state index in [0.29, 0.717) is 16.8 Å². The fourth-order valence-corrected chi connectivity index (χ4v) is 2.97. The van der Waals surface area contributed by atoms with E-state index in [1.54, 1.807) is 30.3 Å². The van der Waals surface area contributed by atoms with E-state index < -0.39 is 18.0 Å². The van der Waals surface area contributed by atoms with E-state index in [1.807, 2.05) is 33.8 Å². The Kier molecular flexibility index (Phi) is 5.83. The molecule has 1 aromatic carbocycles. The zero-order valence-electron chi connectivity index (χ0n) is 15.7.